The van der Waals surface area contributed by atoms with E-state index in [0.29, 0.717) is 18.4 Å². The maximum absolute atomic E-state index is 5.71. The third kappa shape index (κ3) is 5.18. The van der Waals surface area contributed by atoms with E-state index in [0.717, 1.165) is 61.1 Å². The number of hydrogen-bond acceptors (Lipinski definition) is 10. The van der Waals surface area contributed by atoms with E-state index in [1.165, 1.54) is 75.3 Å². The van der Waals surface area contributed by atoms with Crippen molar-refractivity contribution in [3.8, 4) is 11.8 Å². The van der Waals surface area contributed by atoms with Gasteiger partial charge in [0.25, 0.3) is 0 Å². The van der Waals surface area contributed by atoms with Crippen molar-refractivity contribution in [3.05, 3.63) is 11.4 Å². The van der Waals surface area contributed by atoms with Gasteiger partial charge in [-0.15, -0.1) is 8.75 Å². The lowest BCUT2D eigenvalue weighted by atomic mass is 9.77. The van der Waals surface area contributed by atoms with Gasteiger partial charge in [0, 0.05) is 24.9 Å². The van der Waals surface area contributed by atoms with Crippen LogP contribution in [0, 0.1) is 11.8 Å². The van der Waals surface area contributed by atoms with Crippen LogP contribution in [0.15, 0.2) is 0 Å². The van der Waals surface area contributed by atoms with Crippen molar-refractivity contribution in [2.45, 2.75) is 57.8 Å². The SMILES string of the molecule is CCCOc1nsnc1C1CN2CCC1CC2.CCOc1nsnc1C1CN2CCC1CC2. The Morgan fingerprint density at radius 2 is 1.21 bits per heavy atom. The van der Waals surface area contributed by atoms with Gasteiger partial charge >= 0.3 is 0 Å². The summed E-state index contributed by atoms with van der Waals surface area (Å²) in [4.78, 5) is 5.09. The molecule has 6 aliphatic heterocycles. The highest BCUT2D eigenvalue weighted by molar-refractivity contribution is 6.99. The van der Waals surface area contributed by atoms with Crippen molar-refractivity contribution in [2.24, 2.45) is 11.8 Å². The third-order valence-electron chi connectivity index (χ3n) is 7.70. The molecule has 2 unspecified atom stereocenters. The van der Waals surface area contributed by atoms with Gasteiger partial charge in [0.2, 0.25) is 11.8 Å². The topological polar surface area (TPSA) is 76.5 Å². The zero-order valence-electron chi connectivity index (χ0n) is 19.8. The first-order valence-corrected chi connectivity index (χ1v) is 14.1. The Bertz CT molecular complexity index is 876. The summed E-state index contributed by atoms with van der Waals surface area (Å²) in [5.41, 5.74) is 2.24. The molecule has 0 saturated carbocycles. The van der Waals surface area contributed by atoms with Crippen LogP contribution in [0.4, 0.5) is 0 Å². The predicted octanol–water partition coefficient (Wildman–Crippen LogP) is 3.88. The number of aromatic nitrogens is 4. The van der Waals surface area contributed by atoms with E-state index in [4.69, 9.17) is 9.47 Å². The van der Waals surface area contributed by atoms with Crippen molar-refractivity contribution < 1.29 is 9.47 Å². The van der Waals surface area contributed by atoms with Crippen LogP contribution in [0.1, 0.15) is 69.2 Å². The zero-order valence-corrected chi connectivity index (χ0v) is 21.5. The maximum Gasteiger partial charge on any atom is 0.249 e. The molecule has 0 radical (unpaired) electrons. The molecule has 6 fully saturated rings. The van der Waals surface area contributed by atoms with Gasteiger partial charge in [-0.3, -0.25) is 0 Å². The first kappa shape index (κ1) is 23.4. The van der Waals surface area contributed by atoms with Gasteiger partial charge in [-0.25, -0.2) is 0 Å². The maximum atomic E-state index is 5.71. The predicted molar refractivity (Wildman–Crippen MR) is 131 cm³/mol. The molecular formula is C23H36N6O2S2. The fraction of sp³-hybridized carbons (Fsp3) is 0.826. The summed E-state index contributed by atoms with van der Waals surface area (Å²) in [6, 6.07) is 0. The Balaban J connectivity index is 0.000000139. The molecule has 8 heterocycles. The van der Waals surface area contributed by atoms with Crippen LogP contribution in [-0.4, -0.2) is 79.8 Å². The highest BCUT2D eigenvalue weighted by Gasteiger charge is 2.39. The molecule has 8 rings (SSSR count). The molecule has 0 N–H and O–H groups in total. The van der Waals surface area contributed by atoms with Crippen molar-refractivity contribution in [1.29, 1.82) is 0 Å². The molecule has 8 nitrogen and oxygen atoms in total. The molecule has 2 aromatic rings. The molecule has 10 heteroatoms. The highest BCUT2D eigenvalue weighted by atomic mass is 32.1. The Hall–Kier alpha value is -1.36. The first-order valence-electron chi connectivity index (χ1n) is 12.6. The van der Waals surface area contributed by atoms with E-state index in [1.807, 2.05) is 6.92 Å². The lowest BCUT2D eigenvalue weighted by Crippen LogP contribution is -2.46. The summed E-state index contributed by atoms with van der Waals surface area (Å²) in [6.45, 7) is 12.9. The molecule has 0 aliphatic carbocycles. The van der Waals surface area contributed by atoms with E-state index in [2.05, 4.69) is 34.2 Å². The average Bonchev–Trinajstić information content (AvgIpc) is 3.54. The number of piperidine rings is 6. The Labute approximate surface area is 205 Å². The second-order valence-corrected chi connectivity index (χ2v) is 10.7. The quantitative estimate of drug-likeness (QED) is 0.576. The second-order valence-electron chi connectivity index (χ2n) is 9.68. The van der Waals surface area contributed by atoms with Gasteiger partial charge < -0.3 is 19.3 Å². The molecular weight excluding hydrogens is 456 g/mol. The van der Waals surface area contributed by atoms with Crippen molar-refractivity contribution >= 4 is 23.5 Å². The van der Waals surface area contributed by atoms with Crippen LogP contribution in [0.3, 0.4) is 0 Å². The van der Waals surface area contributed by atoms with Gasteiger partial charge in [0.15, 0.2) is 0 Å². The fourth-order valence-electron chi connectivity index (χ4n) is 5.91. The molecule has 0 amide bonds. The molecule has 6 saturated heterocycles. The van der Waals surface area contributed by atoms with Gasteiger partial charge in [0.05, 0.1) is 36.7 Å². The fourth-order valence-corrected chi connectivity index (χ4v) is 7.04. The van der Waals surface area contributed by atoms with Crippen molar-refractivity contribution in [1.82, 2.24) is 27.3 Å². The summed E-state index contributed by atoms with van der Waals surface area (Å²) < 4.78 is 28.8. The van der Waals surface area contributed by atoms with Gasteiger partial charge in [0.1, 0.15) is 11.4 Å². The second kappa shape index (κ2) is 10.9. The summed E-state index contributed by atoms with van der Waals surface area (Å²) in [7, 11) is 0. The monoisotopic (exact) mass is 492 g/mol. The van der Waals surface area contributed by atoms with Crippen molar-refractivity contribution in [3.63, 3.8) is 0 Å². The molecule has 182 valence electrons. The first-order chi connectivity index (χ1) is 16.3. The van der Waals surface area contributed by atoms with Crippen LogP contribution in [-0.2, 0) is 0 Å². The smallest absolute Gasteiger partial charge is 0.249 e. The molecule has 4 bridgehead atoms. The molecule has 0 spiro atoms. The summed E-state index contributed by atoms with van der Waals surface area (Å²) in [5, 5.41) is 0. The molecule has 2 aromatic heterocycles. The van der Waals surface area contributed by atoms with Gasteiger partial charge in [-0.1, -0.05) is 6.92 Å². The number of hydrogen-bond donors (Lipinski definition) is 0. The summed E-state index contributed by atoms with van der Waals surface area (Å²) in [6.07, 6.45) is 6.28. The number of fused-ring (bicyclic) bond motifs is 6. The van der Waals surface area contributed by atoms with E-state index in [-0.39, 0.29) is 0 Å². The molecule has 6 aliphatic rings. The van der Waals surface area contributed by atoms with Crippen LogP contribution >= 0.6 is 23.5 Å². The number of ether oxygens (including phenoxy) is 2. The zero-order chi connectivity index (χ0) is 22.6. The molecule has 0 aromatic carbocycles. The molecule has 2 atom stereocenters. The lowest BCUT2D eigenvalue weighted by molar-refractivity contribution is 0.0841. The summed E-state index contributed by atoms with van der Waals surface area (Å²) in [5.74, 6) is 4.30. The Morgan fingerprint density at radius 3 is 1.61 bits per heavy atom. The minimum Gasteiger partial charge on any atom is -0.476 e. The minimum absolute atomic E-state index is 0.558. The number of nitrogens with zero attached hydrogens (tertiary/aromatic N) is 6. The van der Waals surface area contributed by atoms with Crippen molar-refractivity contribution in [2.75, 3.05) is 52.5 Å². The largest absolute Gasteiger partial charge is 0.476 e. The van der Waals surface area contributed by atoms with Crippen LogP contribution < -0.4 is 9.47 Å². The van der Waals surface area contributed by atoms with Crippen LogP contribution in [0.2, 0.25) is 0 Å². The van der Waals surface area contributed by atoms with Crippen LogP contribution in [0.25, 0.3) is 0 Å². The lowest BCUT2D eigenvalue weighted by Gasteiger charge is -2.44. The van der Waals surface area contributed by atoms with Gasteiger partial charge in [-0.2, -0.15) is 8.75 Å². The van der Waals surface area contributed by atoms with E-state index in [1.54, 1.807) is 0 Å². The normalized spacial score (nSPS) is 32.3. The Morgan fingerprint density at radius 1 is 0.727 bits per heavy atom. The standard InChI is InChI=1S/C12H19N3OS.C11H17N3OS/c1-2-7-16-12-11(13-17-14-12)10-8-15-5-3-9(10)4-6-15;1-2-15-11-10(12-16-13-11)9-7-14-5-3-8(9)4-6-14/h9-10H,2-8H2,1H3;8-9H,2-7H2,1H3. The molecule has 33 heavy (non-hydrogen) atoms. The average molecular weight is 493 g/mol. The Kier molecular flexibility index (Phi) is 7.74. The highest BCUT2D eigenvalue weighted by Crippen LogP contribution is 2.42. The van der Waals surface area contributed by atoms with E-state index >= 15 is 0 Å². The minimum atomic E-state index is 0.558. The third-order valence-corrected chi connectivity index (χ3v) is 8.75. The van der Waals surface area contributed by atoms with Gasteiger partial charge in [-0.05, 0) is 77.0 Å². The van der Waals surface area contributed by atoms with E-state index < -0.39 is 0 Å². The van der Waals surface area contributed by atoms with Crippen LogP contribution in [0.5, 0.6) is 11.8 Å². The summed E-state index contributed by atoms with van der Waals surface area (Å²) >= 11 is 2.58. The number of rotatable bonds is 7. The van der Waals surface area contributed by atoms with E-state index in [9.17, 15) is 0 Å².